The van der Waals surface area contributed by atoms with E-state index in [4.69, 9.17) is 16.2 Å². The summed E-state index contributed by atoms with van der Waals surface area (Å²) < 4.78 is 13.1. The molecule has 4 aromatic rings. The van der Waals surface area contributed by atoms with Crippen molar-refractivity contribution >= 4 is 87.5 Å². The second kappa shape index (κ2) is 19.2. The Hall–Kier alpha value is -3.82. The Kier molecular flexibility index (Phi) is 14.8. The van der Waals surface area contributed by atoms with Crippen molar-refractivity contribution in [2.45, 2.75) is 9.79 Å². The molecule has 23 heteroatoms. The van der Waals surface area contributed by atoms with E-state index in [1.807, 2.05) is 0 Å². The summed E-state index contributed by atoms with van der Waals surface area (Å²) in [5.74, 6) is 0.574. The molecule has 0 unspecified atom stereocenters. The Morgan fingerprint density at radius 3 is 2.38 bits per heavy atom. The number of aliphatic hydroxyl groups is 2. The fourth-order valence-electron chi connectivity index (χ4n) is 4.09. The lowest BCUT2D eigenvalue weighted by molar-refractivity contribution is -0.432. The van der Waals surface area contributed by atoms with Gasteiger partial charge >= 0.3 is 0 Å². The number of azo groups is 1. The zero-order valence-electron chi connectivity index (χ0n) is 24.5. The van der Waals surface area contributed by atoms with Crippen LogP contribution in [-0.2, 0) is 23.1 Å². The van der Waals surface area contributed by atoms with Gasteiger partial charge in [0.05, 0.1) is 53.3 Å². The molecule has 10 N–H and O–H groups in total. The summed E-state index contributed by atoms with van der Waals surface area (Å²) >= 11 is 2.09. The van der Waals surface area contributed by atoms with Crippen LogP contribution in [-0.4, -0.2) is 84.6 Å². The summed E-state index contributed by atoms with van der Waals surface area (Å²) in [4.78, 5) is 15.5. The average Bonchev–Trinajstić information content (AvgIpc) is 3.07. The minimum Gasteiger partial charge on any atom is -0.507 e. The smallest absolute Gasteiger partial charge is 0.233 e. The van der Waals surface area contributed by atoms with E-state index in [-0.39, 0.29) is 67.0 Å². The zero-order chi connectivity index (χ0) is 34.3. The molecule has 0 aliphatic carbocycles. The van der Waals surface area contributed by atoms with E-state index in [1.54, 1.807) is 41.3 Å². The van der Waals surface area contributed by atoms with Gasteiger partial charge in [-0.2, -0.15) is 19.3 Å². The lowest BCUT2D eigenvalue weighted by atomic mass is 10.1. The van der Waals surface area contributed by atoms with Crippen molar-refractivity contribution in [1.82, 2.24) is 15.0 Å². The molecule has 0 amide bonds. The van der Waals surface area contributed by atoms with Crippen LogP contribution in [0.2, 0.25) is 0 Å². The van der Waals surface area contributed by atoms with Crippen LogP contribution in [0.1, 0.15) is 0 Å². The number of fused-ring (bicyclic) bond motifs is 1. The van der Waals surface area contributed by atoms with Crippen molar-refractivity contribution in [1.29, 1.82) is 0 Å². The normalized spacial score (nSPS) is 11.4. The highest BCUT2D eigenvalue weighted by atomic mass is 32.2. The minimum atomic E-state index is -0.219. The molecule has 4 rings (SSSR count). The van der Waals surface area contributed by atoms with E-state index >= 15 is 0 Å². The number of rotatable bonds is 20. The quantitative estimate of drug-likeness (QED) is 0.0149. The van der Waals surface area contributed by atoms with E-state index in [1.165, 1.54) is 6.07 Å². The van der Waals surface area contributed by atoms with Gasteiger partial charge in [0.2, 0.25) is 17.8 Å². The van der Waals surface area contributed by atoms with Crippen LogP contribution in [0.3, 0.4) is 0 Å². The lowest BCUT2D eigenvalue weighted by Gasteiger charge is -2.21. The summed E-state index contributed by atoms with van der Waals surface area (Å²) in [6.45, 7) is 0.146. The Balaban J connectivity index is 1.63. The number of phenols is 1. The summed E-state index contributed by atoms with van der Waals surface area (Å²) in [6.07, 6.45) is 0. The van der Waals surface area contributed by atoms with Crippen LogP contribution in [0, 0.1) is 0 Å². The summed E-state index contributed by atoms with van der Waals surface area (Å²) in [5, 5.41) is 78.3. The maximum atomic E-state index is 10.7. The standard InChI is InChI=1S/C25H29N9O11S3/c26-17-3-1-14-11-16(47-45-42-39)13-19(37)21(14)22(17)33-32-18-4-2-15(12-20(18)48-43-40)28-24-29-23(27-5-10-46-44-41-38)30-25(31-24)34(6-8-35)7-9-36/h1-4,11-13,35-40H,5-10,26H2,(H2,27,28,29,30,31). The Labute approximate surface area is 284 Å². The maximum Gasteiger partial charge on any atom is 0.233 e. The number of phenolic OH excluding ortho intramolecular Hbond substituents is 1. The Morgan fingerprint density at radius 1 is 0.875 bits per heavy atom. The third kappa shape index (κ3) is 10.3. The van der Waals surface area contributed by atoms with Crippen molar-refractivity contribution in [3.63, 3.8) is 0 Å². The van der Waals surface area contributed by atoms with Crippen molar-refractivity contribution in [2.75, 3.05) is 59.9 Å². The number of nitrogens with one attached hydrogen (secondary N) is 2. The van der Waals surface area contributed by atoms with Crippen LogP contribution >= 0.6 is 36.1 Å². The molecule has 0 radical (unpaired) electrons. The predicted octanol–water partition coefficient (Wildman–Crippen LogP) is 4.67. The summed E-state index contributed by atoms with van der Waals surface area (Å²) in [6, 6.07) is 11.0. The highest BCUT2D eigenvalue weighted by molar-refractivity contribution is 7.95. The van der Waals surface area contributed by atoms with Crippen LogP contribution in [0.25, 0.3) is 10.8 Å². The van der Waals surface area contributed by atoms with Crippen molar-refractivity contribution < 1.29 is 54.2 Å². The molecule has 0 spiro atoms. The molecule has 48 heavy (non-hydrogen) atoms. The molecule has 0 aliphatic rings. The summed E-state index contributed by atoms with van der Waals surface area (Å²) in [7, 11) is 0. The molecule has 0 bridgehead atoms. The number of hydrogen-bond donors (Lipinski definition) is 9. The number of anilines is 5. The first-order valence-electron chi connectivity index (χ1n) is 13.5. The molecule has 0 saturated carbocycles. The molecule has 3 aromatic carbocycles. The average molecular weight is 728 g/mol. The molecule has 0 saturated heterocycles. The van der Waals surface area contributed by atoms with Gasteiger partial charge < -0.3 is 36.6 Å². The lowest BCUT2D eigenvalue weighted by Crippen LogP contribution is -2.32. The molecule has 0 atom stereocenters. The first-order chi connectivity index (χ1) is 23.4. The van der Waals surface area contributed by atoms with Crippen molar-refractivity contribution in [3.05, 3.63) is 42.5 Å². The molecule has 258 valence electrons. The number of benzene rings is 3. The predicted molar refractivity (Wildman–Crippen MR) is 176 cm³/mol. The molecule has 1 heterocycles. The van der Waals surface area contributed by atoms with Gasteiger partial charge in [0.25, 0.3) is 0 Å². The van der Waals surface area contributed by atoms with E-state index < -0.39 is 0 Å². The van der Waals surface area contributed by atoms with Crippen LogP contribution < -0.4 is 21.3 Å². The third-order valence-electron chi connectivity index (χ3n) is 6.03. The number of nitrogen functional groups attached to an aromatic ring is 1. The van der Waals surface area contributed by atoms with Gasteiger partial charge in [-0.15, -0.1) is 18.9 Å². The Morgan fingerprint density at radius 2 is 1.65 bits per heavy atom. The molecule has 20 nitrogen and oxygen atoms in total. The van der Waals surface area contributed by atoms with Gasteiger partial charge in [0.15, 0.2) is 0 Å². The SMILES string of the molecule is Nc1ccc2cc(SOOO)cc(O)c2c1N=Nc1ccc(Nc2nc(NCCSOOO)nc(N(CCO)CCO)n2)cc1SOO. The van der Waals surface area contributed by atoms with E-state index in [0.29, 0.717) is 62.6 Å². The number of nitrogens with two attached hydrogens (primary N) is 1. The van der Waals surface area contributed by atoms with Gasteiger partial charge in [0, 0.05) is 48.0 Å². The van der Waals surface area contributed by atoms with Gasteiger partial charge in [-0.1, -0.05) is 16.1 Å². The highest BCUT2D eigenvalue weighted by Crippen LogP contribution is 2.42. The van der Waals surface area contributed by atoms with Crippen LogP contribution in [0.4, 0.5) is 40.6 Å². The highest BCUT2D eigenvalue weighted by Gasteiger charge is 2.16. The van der Waals surface area contributed by atoms with Crippen LogP contribution in [0.5, 0.6) is 5.75 Å². The fraction of sp³-hybridized carbons (Fsp3) is 0.240. The van der Waals surface area contributed by atoms with Crippen molar-refractivity contribution in [2.24, 2.45) is 10.2 Å². The monoisotopic (exact) mass is 727 g/mol. The number of aliphatic hydroxyl groups excluding tert-OH is 2. The minimum absolute atomic E-state index is 0.0914. The zero-order valence-corrected chi connectivity index (χ0v) is 26.9. The Bertz CT molecular complexity index is 1670. The maximum absolute atomic E-state index is 10.7. The number of aromatic nitrogens is 3. The second-order valence-corrected chi connectivity index (χ2v) is 11.4. The topological polar surface area (TPSA) is 284 Å². The second-order valence-electron chi connectivity index (χ2n) is 9.04. The first kappa shape index (κ1) is 37.0. The molecule has 0 fully saturated rings. The van der Waals surface area contributed by atoms with E-state index in [0.717, 1.165) is 12.0 Å². The van der Waals surface area contributed by atoms with E-state index in [9.17, 15) is 20.6 Å². The first-order valence-corrected chi connectivity index (χ1v) is 15.9. The molecule has 0 aliphatic heterocycles. The number of aromatic hydroxyl groups is 1. The largest absolute Gasteiger partial charge is 0.507 e. The summed E-state index contributed by atoms with van der Waals surface area (Å²) in [5.41, 5.74) is 7.28. The van der Waals surface area contributed by atoms with Crippen LogP contribution in [0.15, 0.2) is 62.5 Å². The van der Waals surface area contributed by atoms with Gasteiger partial charge in [0.1, 0.15) is 17.1 Å². The van der Waals surface area contributed by atoms with E-state index in [2.05, 4.69) is 58.9 Å². The number of hydrogen-bond acceptors (Lipinski definition) is 23. The van der Waals surface area contributed by atoms with Gasteiger partial charge in [-0.05, 0) is 41.8 Å². The number of nitrogens with zero attached hydrogens (tertiary/aromatic N) is 6. The third-order valence-corrected chi connectivity index (χ3v) is 7.69. The molecular weight excluding hydrogens is 699 g/mol. The molecule has 1 aromatic heterocycles. The fourth-order valence-corrected chi connectivity index (χ4v) is 5.28. The molecular formula is C25H29N9O11S3. The van der Waals surface area contributed by atoms with Gasteiger partial charge in [-0.25, -0.2) is 15.8 Å². The van der Waals surface area contributed by atoms with Gasteiger partial charge in [-0.3, -0.25) is 0 Å². The van der Waals surface area contributed by atoms with Crippen molar-refractivity contribution in [3.8, 4) is 5.75 Å².